The lowest BCUT2D eigenvalue weighted by atomic mass is 9.95. The minimum absolute atomic E-state index is 0.0912. The number of carbonyl (C=O) groups is 1. The zero-order valence-corrected chi connectivity index (χ0v) is 22.5. The van der Waals surface area contributed by atoms with Crippen molar-refractivity contribution in [2.24, 2.45) is 4.99 Å². The fourth-order valence-corrected chi connectivity index (χ4v) is 5.63. The number of hydrogen-bond donors (Lipinski definition) is 1. The Bertz CT molecular complexity index is 1710. The summed E-state index contributed by atoms with van der Waals surface area (Å²) in [6.45, 7) is 5.99. The van der Waals surface area contributed by atoms with Gasteiger partial charge in [-0.2, -0.15) is 0 Å². The third kappa shape index (κ3) is 4.82. The zero-order chi connectivity index (χ0) is 26.8. The molecule has 5 rings (SSSR count). The molecule has 9 heteroatoms. The number of ether oxygens (including phenoxy) is 3. The molecule has 0 spiro atoms. The topological polar surface area (TPSA) is 94.9 Å². The summed E-state index contributed by atoms with van der Waals surface area (Å²) in [5.41, 5.74) is 3.14. The van der Waals surface area contributed by atoms with E-state index < -0.39 is 12.0 Å². The van der Waals surface area contributed by atoms with Gasteiger partial charge in [0.15, 0.2) is 4.80 Å². The number of esters is 1. The van der Waals surface area contributed by atoms with Crippen molar-refractivity contribution in [2.75, 3.05) is 20.3 Å². The Morgan fingerprint density at radius 1 is 1.16 bits per heavy atom. The second-order valence-corrected chi connectivity index (χ2v) is 10.2. The molecule has 8 nitrogen and oxygen atoms in total. The van der Waals surface area contributed by atoms with Crippen molar-refractivity contribution in [1.82, 2.24) is 9.55 Å². The number of rotatable bonds is 8. The first kappa shape index (κ1) is 25.7. The SMILES string of the molecule is COCCOC(=O)C1=C(C)N=c2s/c(=C/c3c[nH]c4ccccc34)c(=O)n2[C@H]1c1ccccc1OC(C)C. The van der Waals surface area contributed by atoms with Crippen LogP contribution in [0.1, 0.15) is 37.9 Å². The van der Waals surface area contributed by atoms with E-state index in [0.29, 0.717) is 31.9 Å². The number of allylic oxidation sites excluding steroid dienone is 1. The summed E-state index contributed by atoms with van der Waals surface area (Å²) in [5, 5.41) is 1.02. The molecular weight excluding hydrogens is 502 g/mol. The van der Waals surface area contributed by atoms with E-state index in [9.17, 15) is 9.59 Å². The van der Waals surface area contributed by atoms with Crippen LogP contribution in [0.4, 0.5) is 0 Å². The molecular formula is C29H29N3O5S. The molecule has 0 amide bonds. The number of hydrogen-bond acceptors (Lipinski definition) is 7. The Morgan fingerprint density at radius 3 is 2.71 bits per heavy atom. The number of thiazole rings is 1. The van der Waals surface area contributed by atoms with Crippen LogP contribution in [-0.2, 0) is 14.3 Å². The van der Waals surface area contributed by atoms with Gasteiger partial charge in [0, 0.05) is 35.3 Å². The minimum Gasteiger partial charge on any atom is -0.491 e. The van der Waals surface area contributed by atoms with Crippen LogP contribution >= 0.6 is 11.3 Å². The predicted molar refractivity (Wildman–Crippen MR) is 147 cm³/mol. The van der Waals surface area contributed by atoms with Crippen molar-refractivity contribution in [2.45, 2.75) is 32.9 Å². The number of aromatic amines is 1. The number of aromatic nitrogens is 2. The van der Waals surface area contributed by atoms with Crippen LogP contribution < -0.4 is 19.6 Å². The molecule has 0 fully saturated rings. The maximum Gasteiger partial charge on any atom is 0.338 e. The standard InChI is InChI=1S/C29H29N3O5S/c1-17(2)37-23-12-8-6-10-21(23)26-25(28(34)36-14-13-35-4)18(3)31-29-32(26)27(33)24(38-29)15-19-16-30-22-11-7-5-9-20(19)22/h5-12,15-17,26,30H,13-14H2,1-4H3/b24-15+/t26-/m0/s1. The van der Waals surface area contributed by atoms with Crippen LogP contribution in [0.5, 0.6) is 5.75 Å². The average Bonchev–Trinajstić information content (AvgIpc) is 3.44. The van der Waals surface area contributed by atoms with Crippen molar-refractivity contribution >= 4 is 34.3 Å². The number of benzene rings is 2. The maximum absolute atomic E-state index is 14.0. The Labute approximate surface area is 223 Å². The molecule has 1 aliphatic rings. The third-order valence-corrected chi connectivity index (χ3v) is 7.23. The molecule has 1 atom stereocenters. The number of nitrogens with zero attached hydrogens (tertiary/aromatic N) is 2. The van der Waals surface area contributed by atoms with Crippen LogP contribution in [0.3, 0.4) is 0 Å². The maximum atomic E-state index is 14.0. The summed E-state index contributed by atoms with van der Waals surface area (Å²) >= 11 is 1.29. The van der Waals surface area contributed by atoms with Gasteiger partial charge < -0.3 is 19.2 Å². The van der Waals surface area contributed by atoms with Gasteiger partial charge in [-0.25, -0.2) is 9.79 Å². The number of H-pyrrole nitrogens is 1. The number of nitrogens with one attached hydrogen (secondary N) is 1. The highest BCUT2D eigenvalue weighted by Crippen LogP contribution is 2.36. The van der Waals surface area contributed by atoms with E-state index in [1.54, 1.807) is 18.6 Å². The van der Waals surface area contributed by atoms with Crippen molar-refractivity contribution in [3.8, 4) is 5.75 Å². The molecule has 0 unspecified atom stereocenters. The molecule has 2 aromatic heterocycles. The van der Waals surface area contributed by atoms with Crippen LogP contribution in [0.25, 0.3) is 17.0 Å². The van der Waals surface area contributed by atoms with Gasteiger partial charge in [0.05, 0.1) is 28.5 Å². The Balaban J connectivity index is 1.71. The molecule has 2 aromatic carbocycles. The highest BCUT2D eigenvalue weighted by Gasteiger charge is 2.35. The second-order valence-electron chi connectivity index (χ2n) is 9.20. The van der Waals surface area contributed by atoms with Crippen molar-refractivity contribution in [1.29, 1.82) is 0 Å². The quantitative estimate of drug-likeness (QED) is 0.276. The monoisotopic (exact) mass is 531 g/mol. The van der Waals surface area contributed by atoms with Gasteiger partial charge in [0.25, 0.3) is 5.56 Å². The van der Waals surface area contributed by atoms with E-state index >= 15 is 0 Å². The molecule has 0 bridgehead atoms. The molecule has 0 aliphatic carbocycles. The van der Waals surface area contributed by atoms with Crippen molar-refractivity contribution in [3.05, 3.63) is 96.8 Å². The molecule has 196 valence electrons. The largest absolute Gasteiger partial charge is 0.491 e. The first-order valence-corrected chi connectivity index (χ1v) is 13.2. The second kappa shape index (κ2) is 10.8. The lowest BCUT2D eigenvalue weighted by molar-refractivity contribution is -0.140. The first-order valence-electron chi connectivity index (χ1n) is 12.4. The van der Waals surface area contributed by atoms with Crippen LogP contribution in [0.2, 0.25) is 0 Å². The average molecular weight is 532 g/mol. The van der Waals surface area contributed by atoms with Gasteiger partial charge >= 0.3 is 5.97 Å². The summed E-state index contributed by atoms with van der Waals surface area (Å²) in [6, 6.07) is 14.6. The van der Waals surface area contributed by atoms with Gasteiger partial charge in [-0.1, -0.05) is 47.7 Å². The predicted octanol–water partition coefficient (Wildman–Crippen LogP) is 3.69. The lowest BCUT2D eigenvalue weighted by Crippen LogP contribution is -2.40. The molecule has 0 saturated heterocycles. The minimum atomic E-state index is -0.763. The number of fused-ring (bicyclic) bond motifs is 2. The van der Waals surface area contributed by atoms with E-state index in [1.165, 1.54) is 11.3 Å². The summed E-state index contributed by atoms with van der Waals surface area (Å²) in [7, 11) is 1.54. The molecule has 38 heavy (non-hydrogen) atoms. The summed E-state index contributed by atoms with van der Waals surface area (Å²) in [4.78, 5) is 35.8. The van der Waals surface area contributed by atoms with Gasteiger partial charge in [-0.3, -0.25) is 9.36 Å². The molecule has 0 radical (unpaired) electrons. The van der Waals surface area contributed by atoms with Gasteiger partial charge in [0.1, 0.15) is 18.4 Å². The Hall–Kier alpha value is -3.95. The van der Waals surface area contributed by atoms with Gasteiger partial charge in [-0.15, -0.1) is 0 Å². The lowest BCUT2D eigenvalue weighted by Gasteiger charge is -2.27. The van der Waals surface area contributed by atoms with E-state index in [2.05, 4.69) is 9.98 Å². The summed E-state index contributed by atoms with van der Waals surface area (Å²) in [6.07, 6.45) is 3.65. The zero-order valence-electron chi connectivity index (χ0n) is 21.7. The van der Waals surface area contributed by atoms with Crippen LogP contribution in [-0.4, -0.2) is 41.9 Å². The van der Waals surface area contributed by atoms with Crippen LogP contribution in [0, 0.1) is 0 Å². The van der Waals surface area contributed by atoms with E-state index in [4.69, 9.17) is 14.2 Å². The van der Waals surface area contributed by atoms with Crippen molar-refractivity contribution in [3.63, 3.8) is 0 Å². The highest BCUT2D eigenvalue weighted by atomic mass is 32.1. The Morgan fingerprint density at radius 2 is 1.92 bits per heavy atom. The van der Waals surface area contributed by atoms with E-state index in [-0.39, 0.29) is 24.9 Å². The van der Waals surface area contributed by atoms with E-state index in [0.717, 1.165) is 16.5 Å². The molecule has 3 heterocycles. The van der Waals surface area contributed by atoms with E-state index in [1.807, 2.05) is 74.7 Å². The molecule has 1 N–H and O–H groups in total. The fourth-order valence-electron chi connectivity index (χ4n) is 4.59. The number of methoxy groups -OCH3 is 1. The fraction of sp³-hybridized carbons (Fsp3) is 0.276. The van der Waals surface area contributed by atoms with Gasteiger partial charge in [-0.05, 0) is 39.0 Å². The van der Waals surface area contributed by atoms with Crippen molar-refractivity contribution < 1.29 is 19.0 Å². The smallest absolute Gasteiger partial charge is 0.338 e. The van der Waals surface area contributed by atoms with Gasteiger partial charge in [0.2, 0.25) is 0 Å². The Kier molecular flexibility index (Phi) is 7.31. The van der Waals surface area contributed by atoms with Crippen LogP contribution in [0.15, 0.2) is 75.8 Å². The first-order chi connectivity index (χ1) is 18.4. The normalized spacial score (nSPS) is 15.6. The summed E-state index contributed by atoms with van der Waals surface area (Å²) in [5.74, 6) is 0.0501. The number of carbonyl (C=O) groups excluding carboxylic acids is 1. The summed E-state index contributed by atoms with van der Waals surface area (Å²) < 4.78 is 18.8. The highest BCUT2D eigenvalue weighted by molar-refractivity contribution is 7.07. The molecule has 4 aromatic rings. The third-order valence-electron chi connectivity index (χ3n) is 6.25. The number of para-hydroxylation sites is 2. The molecule has 0 saturated carbocycles. The molecule has 1 aliphatic heterocycles.